The number of fused-ring (bicyclic) bond motifs is 1. The lowest BCUT2D eigenvalue weighted by atomic mass is 9.88. The van der Waals surface area contributed by atoms with Gasteiger partial charge in [0.2, 0.25) is 11.6 Å². The Kier molecular flexibility index (Phi) is 6.67. The predicted octanol–water partition coefficient (Wildman–Crippen LogP) is 2.50. The lowest BCUT2D eigenvalue weighted by molar-refractivity contribution is -0.141. The van der Waals surface area contributed by atoms with Crippen molar-refractivity contribution in [3.8, 4) is 0 Å². The largest absolute Gasteiger partial charge is 0.465 e. The highest BCUT2D eigenvalue weighted by Gasteiger charge is 2.52. The van der Waals surface area contributed by atoms with Crippen molar-refractivity contribution in [2.45, 2.75) is 6.04 Å². The van der Waals surface area contributed by atoms with Gasteiger partial charge in [-0.05, 0) is 29.8 Å². The molecule has 5 rings (SSSR count). The molecule has 3 aromatic rings. The van der Waals surface area contributed by atoms with Gasteiger partial charge in [0.1, 0.15) is 11.5 Å². The molecule has 0 N–H and O–H groups in total. The number of furan rings is 1. The number of likely N-dealkylation sites (tertiary alicyclic amines) is 1. The Morgan fingerprint density at radius 2 is 1.72 bits per heavy atom. The summed E-state index contributed by atoms with van der Waals surface area (Å²) in [5.41, 5.74) is 1.44. The number of hydrogen-bond donors (Lipinski definition) is 0. The van der Waals surface area contributed by atoms with E-state index in [-0.39, 0.29) is 12.3 Å². The number of methoxy groups -OCH3 is 1. The van der Waals surface area contributed by atoms with Crippen LogP contribution in [0.25, 0.3) is 11.0 Å². The standard InChI is InChI=1S/C27H26N2O7/c1-34-27(33)18-8-6-17(7-9-18)23-22(24(30)21-16-19-4-2-3-5-20(19)36-21)25(31)26(32)29(23)11-10-28-12-14-35-15-13-28/h2-9,16,22-23H,10-15H2,1H3. The van der Waals surface area contributed by atoms with Gasteiger partial charge in [-0.25, -0.2) is 4.79 Å². The summed E-state index contributed by atoms with van der Waals surface area (Å²) in [6.07, 6.45) is 0. The third-order valence-electron chi connectivity index (χ3n) is 6.79. The number of amides is 1. The van der Waals surface area contributed by atoms with Gasteiger partial charge in [0, 0.05) is 31.6 Å². The van der Waals surface area contributed by atoms with Crippen LogP contribution in [-0.2, 0) is 19.1 Å². The highest BCUT2D eigenvalue weighted by molar-refractivity contribution is 6.43. The van der Waals surface area contributed by atoms with Gasteiger partial charge in [0.25, 0.3) is 5.91 Å². The van der Waals surface area contributed by atoms with Crippen LogP contribution in [0.3, 0.4) is 0 Å². The monoisotopic (exact) mass is 490 g/mol. The molecule has 1 aromatic heterocycles. The van der Waals surface area contributed by atoms with E-state index in [1.807, 2.05) is 12.1 Å². The van der Waals surface area contributed by atoms with Crippen molar-refractivity contribution < 1.29 is 33.1 Å². The fraction of sp³-hybridized carbons (Fsp3) is 0.333. The van der Waals surface area contributed by atoms with E-state index in [1.54, 1.807) is 42.5 Å². The zero-order valence-electron chi connectivity index (χ0n) is 19.8. The number of nitrogens with zero attached hydrogens (tertiary/aromatic N) is 2. The van der Waals surface area contributed by atoms with Crippen molar-refractivity contribution >= 4 is 34.4 Å². The molecule has 2 atom stereocenters. The Morgan fingerprint density at radius 3 is 2.42 bits per heavy atom. The minimum Gasteiger partial charge on any atom is -0.465 e. The van der Waals surface area contributed by atoms with E-state index in [0.717, 1.165) is 18.5 Å². The number of rotatable bonds is 7. The number of carbonyl (C=O) groups is 4. The molecule has 2 saturated heterocycles. The lowest BCUT2D eigenvalue weighted by Gasteiger charge is -2.31. The molecule has 2 aliphatic heterocycles. The molecule has 0 radical (unpaired) electrons. The van der Waals surface area contributed by atoms with Crippen molar-refractivity contribution in [1.29, 1.82) is 0 Å². The first-order valence-electron chi connectivity index (χ1n) is 11.8. The minimum absolute atomic E-state index is 0.0357. The van der Waals surface area contributed by atoms with Gasteiger partial charge in [-0.2, -0.15) is 0 Å². The quantitative estimate of drug-likeness (QED) is 0.215. The molecule has 2 fully saturated rings. The molecule has 0 saturated carbocycles. The van der Waals surface area contributed by atoms with Crippen LogP contribution in [0.4, 0.5) is 0 Å². The zero-order chi connectivity index (χ0) is 25.2. The van der Waals surface area contributed by atoms with Crippen LogP contribution in [0.1, 0.15) is 32.5 Å². The molecule has 3 heterocycles. The minimum atomic E-state index is -1.26. The number of hydrogen-bond acceptors (Lipinski definition) is 8. The van der Waals surface area contributed by atoms with E-state index in [0.29, 0.717) is 36.5 Å². The molecule has 0 spiro atoms. The summed E-state index contributed by atoms with van der Waals surface area (Å²) in [6, 6.07) is 14.4. The molecule has 1 amide bonds. The summed E-state index contributed by atoms with van der Waals surface area (Å²) in [7, 11) is 1.29. The van der Waals surface area contributed by atoms with Crippen molar-refractivity contribution in [3.63, 3.8) is 0 Å². The molecule has 9 heteroatoms. The normalized spacial score (nSPS) is 20.8. The molecule has 9 nitrogen and oxygen atoms in total. The summed E-state index contributed by atoms with van der Waals surface area (Å²) < 4.78 is 15.9. The number of benzene rings is 2. The summed E-state index contributed by atoms with van der Waals surface area (Å²) in [5.74, 6) is -3.72. The molecule has 2 aromatic carbocycles. The van der Waals surface area contributed by atoms with E-state index >= 15 is 0 Å². The molecule has 0 bridgehead atoms. The molecule has 2 unspecified atom stereocenters. The number of carbonyl (C=O) groups excluding carboxylic acids is 4. The second-order valence-electron chi connectivity index (χ2n) is 8.87. The van der Waals surface area contributed by atoms with Crippen LogP contribution in [-0.4, -0.2) is 79.7 Å². The Balaban J connectivity index is 1.49. The fourth-order valence-corrected chi connectivity index (χ4v) is 4.86. The van der Waals surface area contributed by atoms with Crippen molar-refractivity contribution in [3.05, 3.63) is 71.5 Å². The second kappa shape index (κ2) is 10.0. The van der Waals surface area contributed by atoms with E-state index in [9.17, 15) is 19.2 Å². The second-order valence-corrected chi connectivity index (χ2v) is 8.87. The van der Waals surface area contributed by atoms with Crippen molar-refractivity contribution in [2.24, 2.45) is 5.92 Å². The van der Waals surface area contributed by atoms with E-state index in [2.05, 4.69) is 4.90 Å². The summed E-state index contributed by atoms with van der Waals surface area (Å²) in [4.78, 5) is 55.6. The smallest absolute Gasteiger partial charge is 0.337 e. The molecule has 0 aliphatic carbocycles. The third kappa shape index (κ3) is 4.43. The van der Waals surface area contributed by atoms with Crippen LogP contribution in [0.15, 0.2) is 59.0 Å². The SMILES string of the molecule is COC(=O)c1ccc(C2C(C(=O)c3cc4ccccc4o3)C(=O)C(=O)N2CCN2CCOCC2)cc1. The summed E-state index contributed by atoms with van der Waals surface area (Å²) >= 11 is 0. The van der Waals surface area contributed by atoms with E-state index < -0.39 is 35.4 Å². The zero-order valence-corrected chi connectivity index (χ0v) is 19.8. The van der Waals surface area contributed by atoms with Gasteiger partial charge in [0.05, 0.1) is 31.9 Å². The van der Waals surface area contributed by atoms with Gasteiger partial charge >= 0.3 is 5.97 Å². The van der Waals surface area contributed by atoms with Gasteiger partial charge in [0.15, 0.2) is 5.76 Å². The highest BCUT2D eigenvalue weighted by atomic mass is 16.5. The Morgan fingerprint density at radius 1 is 1.00 bits per heavy atom. The topological polar surface area (TPSA) is 106 Å². The van der Waals surface area contributed by atoms with Gasteiger partial charge in [-0.1, -0.05) is 30.3 Å². The maximum atomic E-state index is 13.6. The number of ketones is 2. The Labute approximate surface area is 207 Å². The van der Waals surface area contributed by atoms with Crippen LogP contribution >= 0.6 is 0 Å². The molecule has 2 aliphatic rings. The first-order chi connectivity index (χ1) is 17.5. The van der Waals surface area contributed by atoms with Crippen LogP contribution < -0.4 is 0 Å². The van der Waals surface area contributed by atoms with Crippen molar-refractivity contribution in [2.75, 3.05) is 46.5 Å². The number of Topliss-reactive ketones (excluding diaryl/α,β-unsaturated/α-hetero) is 2. The average Bonchev–Trinajstić information content (AvgIpc) is 3.46. The van der Waals surface area contributed by atoms with Crippen molar-refractivity contribution in [1.82, 2.24) is 9.80 Å². The molecule has 36 heavy (non-hydrogen) atoms. The Hall–Kier alpha value is -3.82. The number of esters is 1. The maximum Gasteiger partial charge on any atom is 0.337 e. The third-order valence-corrected chi connectivity index (χ3v) is 6.79. The first kappa shape index (κ1) is 23.9. The molecule has 186 valence electrons. The van der Waals surface area contributed by atoms with Crippen LogP contribution in [0, 0.1) is 5.92 Å². The number of para-hydroxylation sites is 1. The van der Waals surface area contributed by atoms with E-state index in [1.165, 1.54) is 12.0 Å². The first-order valence-corrected chi connectivity index (χ1v) is 11.8. The van der Waals surface area contributed by atoms with Crippen LogP contribution in [0.5, 0.6) is 0 Å². The summed E-state index contributed by atoms with van der Waals surface area (Å²) in [6.45, 7) is 3.51. The Bertz CT molecular complexity index is 1270. The average molecular weight is 491 g/mol. The number of ether oxygens (including phenoxy) is 2. The molecular formula is C27H26N2O7. The lowest BCUT2D eigenvalue weighted by Crippen LogP contribution is -2.42. The van der Waals surface area contributed by atoms with Gasteiger partial charge in [-0.15, -0.1) is 0 Å². The molecular weight excluding hydrogens is 464 g/mol. The highest BCUT2D eigenvalue weighted by Crippen LogP contribution is 2.39. The maximum absolute atomic E-state index is 13.6. The van der Waals surface area contributed by atoms with Crippen LogP contribution in [0.2, 0.25) is 0 Å². The summed E-state index contributed by atoms with van der Waals surface area (Å²) in [5, 5.41) is 0.737. The predicted molar refractivity (Wildman–Crippen MR) is 129 cm³/mol. The van der Waals surface area contributed by atoms with Gasteiger partial charge < -0.3 is 18.8 Å². The fourth-order valence-electron chi connectivity index (χ4n) is 4.86. The van der Waals surface area contributed by atoms with E-state index in [4.69, 9.17) is 13.9 Å². The number of morpholine rings is 1. The van der Waals surface area contributed by atoms with Gasteiger partial charge in [-0.3, -0.25) is 19.3 Å².